The van der Waals surface area contributed by atoms with Gasteiger partial charge in [-0.3, -0.25) is 0 Å². The average Bonchev–Trinajstić information content (AvgIpc) is 2.12. The fraction of sp³-hybridized carbons (Fsp3) is 0.333. The van der Waals surface area contributed by atoms with Crippen molar-refractivity contribution in [2.45, 2.75) is 27.2 Å². The third-order valence-electron chi connectivity index (χ3n) is 0.650. The van der Waals surface area contributed by atoms with Crippen molar-refractivity contribution in [1.82, 2.24) is 0 Å². The van der Waals surface area contributed by atoms with Gasteiger partial charge in [-0.05, 0) is 37.5 Å². The molecule has 0 radical (unpaired) electrons. The first-order valence-electron chi connectivity index (χ1n) is 3.60. The Bertz CT molecular complexity index is 276. The van der Waals surface area contributed by atoms with Crippen LogP contribution in [0.1, 0.15) is 27.2 Å². The topological polar surface area (TPSA) is 0 Å². The molecule has 0 aromatic carbocycles. The molecule has 0 aromatic rings. The van der Waals surface area contributed by atoms with Crippen LogP contribution >= 0.6 is 0 Å². The summed E-state index contributed by atoms with van der Waals surface area (Å²) in [6, 6.07) is 0. The Morgan fingerprint density at radius 3 is 1.67 bits per heavy atom. The molecular weight excluding hydrogens is 144 g/mol. The molecule has 0 bridgehead atoms. The molecule has 0 saturated carbocycles. The third-order valence-corrected chi connectivity index (χ3v) is 0.650. The minimum Gasteiger partial charge on any atom is -0.106 e. The Labute approximate surface area is 75.8 Å². The number of hydrogen-bond acceptors (Lipinski definition) is 0. The average molecular weight is 156 g/mol. The quantitative estimate of drug-likeness (QED) is 0.471. The van der Waals surface area contributed by atoms with Crippen LogP contribution < -0.4 is 0 Å². The van der Waals surface area contributed by atoms with Gasteiger partial charge in [-0.15, -0.1) is 6.42 Å². The maximum absolute atomic E-state index is 4.79. The van der Waals surface area contributed by atoms with Crippen LogP contribution in [0.3, 0.4) is 0 Å². The van der Waals surface area contributed by atoms with Crippen molar-refractivity contribution >= 4 is 0 Å². The number of terminal acetylenes is 1. The SMILES string of the molecule is C#CC#CCC.CC#CC#CC. The second-order valence-corrected chi connectivity index (χ2v) is 1.55. The van der Waals surface area contributed by atoms with Crippen molar-refractivity contribution in [2.75, 3.05) is 0 Å². The molecule has 12 heavy (non-hydrogen) atoms. The lowest BCUT2D eigenvalue weighted by molar-refractivity contribution is 1.28. The second kappa shape index (κ2) is 16.1. The summed E-state index contributed by atoms with van der Waals surface area (Å²) >= 11 is 0. The van der Waals surface area contributed by atoms with E-state index in [4.69, 9.17) is 6.42 Å². The molecule has 0 aliphatic heterocycles. The van der Waals surface area contributed by atoms with Crippen molar-refractivity contribution in [1.29, 1.82) is 0 Å². The highest BCUT2D eigenvalue weighted by Crippen LogP contribution is 1.62. The maximum Gasteiger partial charge on any atom is 0.00704 e. The molecule has 0 aliphatic rings. The zero-order chi connectivity index (χ0) is 9.66. The van der Waals surface area contributed by atoms with Crippen LogP contribution in [0.2, 0.25) is 0 Å². The molecule has 0 nitrogen and oxygen atoms in total. The largest absolute Gasteiger partial charge is 0.106 e. The normalized spacial score (nSPS) is 4.17. The fourth-order valence-corrected chi connectivity index (χ4v) is 0.264. The van der Waals surface area contributed by atoms with Crippen LogP contribution in [0.25, 0.3) is 0 Å². The summed E-state index contributed by atoms with van der Waals surface area (Å²) in [4.78, 5) is 0. The molecule has 0 heterocycles. The van der Waals surface area contributed by atoms with Gasteiger partial charge in [0.15, 0.2) is 0 Å². The zero-order valence-corrected chi connectivity index (χ0v) is 7.78. The predicted octanol–water partition coefficient (Wildman–Crippen LogP) is 2.07. The molecule has 0 rings (SSSR count). The van der Waals surface area contributed by atoms with Crippen molar-refractivity contribution in [3.05, 3.63) is 0 Å². The van der Waals surface area contributed by atoms with Crippen molar-refractivity contribution in [2.24, 2.45) is 0 Å². The molecule has 0 amide bonds. The molecule has 60 valence electrons. The van der Waals surface area contributed by atoms with E-state index in [-0.39, 0.29) is 0 Å². The van der Waals surface area contributed by atoms with E-state index in [1.54, 1.807) is 13.8 Å². The molecule has 0 unspecified atom stereocenters. The van der Waals surface area contributed by atoms with Gasteiger partial charge in [0.25, 0.3) is 0 Å². The van der Waals surface area contributed by atoms with E-state index < -0.39 is 0 Å². The summed E-state index contributed by atoms with van der Waals surface area (Å²) in [6.45, 7) is 5.50. The van der Waals surface area contributed by atoms with Crippen molar-refractivity contribution in [3.63, 3.8) is 0 Å². The molecule has 0 fully saturated rings. The molecular formula is C12H12. The van der Waals surface area contributed by atoms with Crippen molar-refractivity contribution in [3.8, 4) is 47.9 Å². The molecule has 0 N–H and O–H groups in total. The van der Waals surface area contributed by atoms with E-state index >= 15 is 0 Å². The van der Waals surface area contributed by atoms with Gasteiger partial charge in [0.2, 0.25) is 0 Å². The smallest absolute Gasteiger partial charge is 0.00704 e. The van der Waals surface area contributed by atoms with Crippen LogP contribution in [0.15, 0.2) is 0 Å². The monoisotopic (exact) mass is 156 g/mol. The van der Waals surface area contributed by atoms with Crippen LogP contribution in [0, 0.1) is 47.9 Å². The van der Waals surface area contributed by atoms with Gasteiger partial charge in [-0.1, -0.05) is 24.7 Å². The lowest BCUT2D eigenvalue weighted by Gasteiger charge is -1.58. The van der Waals surface area contributed by atoms with E-state index in [0.717, 1.165) is 6.42 Å². The maximum atomic E-state index is 4.79. The van der Waals surface area contributed by atoms with Gasteiger partial charge in [-0.25, -0.2) is 0 Å². The van der Waals surface area contributed by atoms with Gasteiger partial charge in [0.05, 0.1) is 0 Å². The lowest BCUT2D eigenvalue weighted by Crippen LogP contribution is -1.48. The summed E-state index contributed by atoms with van der Waals surface area (Å²) in [5, 5.41) is 0. The molecule has 0 atom stereocenters. The second-order valence-electron chi connectivity index (χ2n) is 1.55. The highest BCUT2D eigenvalue weighted by molar-refractivity contribution is 5.23. The van der Waals surface area contributed by atoms with Gasteiger partial charge in [0, 0.05) is 6.42 Å². The molecule has 0 heteroatoms. The number of hydrogen-bond donors (Lipinski definition) is 0. The van der Waals surface area contributed by atoms with Crippen LogP contribution in [-0.4, -0.2) is 0 Å². The summed E-state index contributed by atoms with van der Waals surface area (Å²) in [6.07, 6.45) is 5.64. The lowest BCUT2D eigenvalue weighted by atomic mass is 10.5. The summed E-state index contributed by atoms with van der Waals surface area (Å²) < 4.78 is 0. The Kier molecular flexibility index (Phi) is 17.3. The summed E-state index contributed by atoms with van der Waals surface area (Å²) in [5.41, 5.74) is 0. The number of rotatable bonds is 0. The Morgan fingerprint density at radius 1 is 1.00 bits per heavy atom. The molecule has 0 aliphatic carbocycles. The van der Waals surface area contributed by atoms with E-state index in [2.05, 4.69) is 41.4 Å². The first-order valence-corrected chi connectivity index (χ1v) is 3.60. The first kappa shape index (κ1) is 12.9. The summed E-state index contributed by atoms with van der Waals surface area (Å²) in [5.74, 6) is 17.9. The zero-order valence-electron chi connectivity index (χ0n) is 7.78. The van der Waals surface area contributed by atoms with E-state index in [9.17, 15) is 0 Å². The first-order chi connectivity index (χ1) is 5.83. The minimum absolute atomic E-state index is 0.851. The van der Waals surface area contributed by atoms with Crippen LogP contribution in [0.4, 0.5) is 0 Å². The highest BCUT2D eigenvalue weighted by Gasteiger charge is 1.51. The van der Waals surface area contributed by atoms with Gasteiger partial charge in [0.1, 0.15) is 0 Å². The predicted molar refractivity (Wildman–Crippen MR) is 53.8 cm³/mol. The van der Waals surface area contributed by atoms with Crippen LogP contribution in [-0.2, 0) is 0 Å². The van der Waals surface area contributed by atoms with Gasteiger partial charge in [-0.2, -0.15) is 0 Å². The minimum atomic E-state index is 0.851. The third kappa shape index (κ3) is 24.0. The van der Waals surface area contributed by atoms with E-state index in [1.165, 1.54) is 0 Å². The van der Waals surface area contributed by atoms with E-state index in [0.29, 0.717) is 0 Å². The van der Waals surface area contributed by atoms with E-state index in [1.807, 2.05) is 6.92 Å². The molecule has 0 aromatic heterocycles. The Balaban J connectivity index is 0. The fourth-order valence-electron chi connectivity index (χ4n) is 0.264. The van der Waals surface area contributed by atoms with Crippen molar-refractivity contribution < 1.29 is 0 Å². The highest BCUT2D eigenvalue weighted by atomic mass is 13.6. The Hall–Kier alpha value is -1.76. The standard InChI is InChI=1S/2C6H6/c2*1-3-5-6-4-2/h1-2H3;1H,4H2,2H3. The van der Waals surface area contributed by atoms with Gasteiger partial charge < -0.3 is 0 Å². The molecule has 0 saturated heterocycles. The van der Waals surface area contributed by atoms with Crippen LogP contribution in [0.5, 0.6) is 0 Å². The molecule has 0 spiro atoms. The van der Waals surface area contributed by atoms with Gasteiger partial charge >= 0.3 is 0 Å². The Morgan fingerprint density at radius 2 is 1.50 bits per heavy atom. The summed E-state index contributed by atoms with van der Waals surface area (Å²) in [7, 11) is 0.